The van der Waals surface area contributed by atoms with Gasteiger partial charge in [0, 0.05) is 26.3 Å². The van der Waals surface area contributed by atoms with Crippen molar-refractivity contribution >= 4 is 22.8 Å². The van der Waals surface area contributed by atoms with E-state index in [1.807, 2.05) is 38.1 Å². The molecule has 0 atom stereocenters. The Kier molecular flexibility index (Phi) is 4.50. The lowest BCUT2D eigenvalue weighted by Crippen LogP contribution is -2.38. The van der Waals surface area contributed by atoms with Gasteiger partial charge in [0.05, 0.1) is 6.33 Å². The summed E-state index contributed by atoms with van der Waals surface area (Å²) in [5.41, 5.74) is 1.50. The molecule has 8 heteroatoms. The molecule has 1 aromatic carbocycles. The Morgan fingerprint density at radius 2 is 1.77 bits per heavy atom. The molecule has 3 rings (SSSR count). The summed E-state index contributed by atoms with van der Waals surface area (Å²) in [7, 11) is 2.96. The van der Waals surface area contributed by atoms with Crippen LogP contribution in [0.25, 0.3) is 11.2 Å². The van der Waals surface area contributed by atoms with Crippen molar-refractivity contribution in [2.24, 2.45) is 14.1 Å². The molecule has 0 unspecified atom stereocenters. The number of likely N-dealkylation sites (N-methyl/N-ethyl adjacent to an activating group) is 1. The average Bonchev–Trinajstić information content (AvgIpc) is 3.04. The van der Waals surface area contributed by atoms with Gasteiger partial charge in [0.25, 0.3) is 5.56 Å². The first kappa shape index (κ1) is 17.7. The first-order chi connectivity index (χ1) is 12.3. The molecule has 2 aromatic heterocycles. The maximum Gasteiger partial charge on any atom is 0.332 e. The van der Waals surface area contributed by atoms with Crippen molar-refractivity contribution in [1.82, 2.24) is 18.7 Å². The second-order valence-corrected chi connectivity index (χ2v) is 6.22. The third-order valence-electron chi connectivity index (χ3n) is 4.49. The van der Waals surface area contributed by atoms with E-state index in [-0.39, 0.29) is 23.6 Å². The fourth-order valence-corrected chi connectivity index (χ4v) is 2.98. The third-order valence-corrected chi connectivity index (χ3v) is 4.49. The van der Waals surface area contributed by atoms with E-state index < -0.39 is 11.2 Å². The average molecular weight is 355 g/mol. The molecule has 1 amide bonds. The number of aromatic nitrogens is 4. The minimum atomic E-state index is -0.466. The molecule has 0 aliphatic rings. The number of hydrogen-bond donors (Lipinski definition) is 0. The Balaban J connectivity index is 2.00. The summed E-state index contributed by atoms with van der Waals surface area (Å²) in [5.74, 6) is -0.161. The molecular weight excluding hydrogens is 334 g/mol. The van der Waals surface area contributed by atoms with Gasteiger partial charge in [-0.1, -0.05) is 17.7 Å². The number of hydrogen-bond acceptors (Lipinski definition) is 4. The van der Waals surface area contributed by atoms with Crippen LogP contribution < -0.4 is 16.1 Å². The van der Waals surface area contributed by atoms with E-state index in [9.17, 15) is 14.4 Å². The van der Waals surface area contributed by atoms with Crippen LogP contribution in [0.2, 0.25) is 0 Å². The zero-order valence-electron chi connectivity index (χ0n) is 15.3. The van der Waals surface area contributed by atoms with Crippen LogP contribution in [0.15, 0.2) is 40.2 Å². The third kappa shape index (κ3) is 2.83. The van der Waals surface area contributed by atoms with Gasteiger partial charge < -0.3 is 9.47 Å². The number of carbonyl (C=O) groups excluding carboxylic acids is 1. The van der Waals surface area contributed by atoms with E-state index in [4.69, 9.17) is 0 Å². The summed E-state index contributed by atoms with van der Waals surface area (Å²) in [4.78, 5) is 43.1. The summed E-state index contributed by atoms with van der Waals surface area (Å²) in [5, 5.41) is 0. The van der Waals surface area contributed by atoms with Crippen LogP contribution in [0.4, 0.5) is 5.69 Å². The SMILES string of the molecule is CCN(C(=O)Cn1cnc2c1c(=O)n(C)c(=O)n2C)c1ccc(C)cc1. The lowest BCUT2D eigenvalue weighted by Gasteiger charge is -2.21. The van der Waals surface area contributed by atoms with Crippen LogP contribution >= 0.6 is 0 Å². The van der Waals surface area contributed by atoms with Gasteiger partial charge in [-0.3, -0.25) is 18.7 Å². The summed E-state index contributed by atoms with van der Waals surface area (Å²) in [6.45, 7) is 4.35. The normalized spacial score (nSPS) is 11.1. The number of nitrogens with zero attached hydrogens (tertiary/aromatic N) is 5. The number of rotatable bonds is 4. The van der Waals surface area contributed by atoms with Crippen LogP contribution in [0.3, 0.4) is 0 Å². The topological polar surface area (TPSA) is 82.1 Å². The van der Waals surface area contributed by atoms with Crippen molar-refractivity contribution < 1.29 is 4.79 Å². The van der Waals surface area contributed by atoms with Crippen LogP contribution in [0.5, 0.6) is 0 Å². The molecule has 0 radical (unpaired) electrons. The van der Waals surface area contributed by atoms with Crippen LogP contribution in [0, 0.1) is 6.92 Å². The minimum Gasteiger partial charge on any atom is -0.315 e. The highest BCUT2D eigenvalue weighted by Gasteiger charge is 2.19. The van der Waals surface area contributed by atoms with E-state index in [0.717, 1.165) is 15.8 Å². The molecule has 0 saturated heterocycles. The Morgan fingerprint density at radius 1 is 1.12 bits per heavy atom. The Morgan fingerprint density at radius 3 is 2.38 bits per heavy atom. The molecule has 8 nitrogen and oxygen atoms in total. The summed E-state index contributed by atoms with van der Waals surface area (Å²) < 4.78 is 3.81. The second kappa shape index (κ2) is 6.62. The molecule has 0 spiro atoms. The smallest absolute Gasteiger partial charge is 0.315 e. The summed E-state index contributed by atoms with van der Waals surface area (Å²) in [6.07, 6.45) is 1.42. The summed E-state index contributed by atoms with van der Waals surface area (Å²) >= 11 is 0. The van der Waals surface area contributed by atoms with Crippen LogP contribution in [0.1, 0.15) is 12.5 Å². The van der Waals surface area contributed by atoms with Crippen molar-refractivity contribution in [2.45, 2.75) is 20.4 Å². The molecule has 0 saturated carbocycles. The molecular formula is C18H21N5O3. The largest absolute Gasteiger partial charge is 0.332 e. The second-order valence-electron chi connectivity index (χ2n) is 6.22. The highest BCUT2D eigenvalue weighted by Crippen LogP contribution is 2.16. The molecule has 0 bridgehead atoms. The number of carbonyl (C=O) groups is 1. The summed E-state index contributed by atoms with van der Waals surface area (Å²) in [6, 6.07) is 7.68. The number of amides is 1. The Bertz CT molecular complexity index is 1090. The number of fused-ring (bicyclic) bond motifs is 1. The van der Waals surface area contributed by atoms with Gasteiger partial charge in [0.15, 0.2) is 11.2 Å². The lowest BCUT2D eigenvalue weighted by molar-refractivity contribution is -0.119. The van der Waals surface area contributed by atoms with Crippen molar-refractivity contribution in [1.29, 1.82) is 0 Å². The standard InChI is InChI=1S/C18H21N5O3/c1-5-23(13-8-6-12(2)7-9-13)14(24)10-22-11-19-16-15(22)17(25)21(4)18(26)20(16)3/h6-9,11H,5,10H2,1-4H3. The fraction of sp³-hybridized carbons (Fsp3) is 0.333. The van der Waals surface area contributed by atoms with Gasteiger partial charge in [-0.25, -0.2) is 9.78 Å². The van der Waals surface area contributed by atoms with Gasteiger partial charge in [0.2, 0.25) is 5.91 Å². The monoisotopic (exact) mass is 355 g/mol. The maximum atomic E-state index is 12.8. The first-order valence-corrected chi connectivity index (χ1v) is 8.33. The Hall–Kier alpha value is -3.16. The molecule has 26 heavy (non-hydrogen) atoms. The highest BCUT2D eigenvalue weighted by atomic mass is 16.2. The first-order valence-electron chi connectivity index (χ1n) is 8.33. The molecule has 2 heterocycles. The van der Waals surface area contributed by atoms with Crippen LogP contribution in [-0.4, -0.2) is 31.1 Å². The lowest BCUT2D eigenvalue weighted by atomic mass is 10.2. The molecule has 0 fully saturated rings. The zero-order chi connectivity index (χ0) is 19.0. The zero-order valence-corrected chi connectivity index (χ0v) is 15.3. The predicted octanol–water partition coefficient (Wildman–Crippen LogP) is 0.795. The molecule has 3 aromatic rings. The van der Waals surface area contributed by atoms with E-state index in [1.165, 1.54) is 22.5 Å². The fourth-order valence-electron chi connectivity index (χ4n) is 2.98. The van der Waals surface area contributed by atoms with Crippen LogP contribution in [-0.2, 0) is 25.4 Å². The quantitative estimate of drug-likeness (QED) is 0.693. The van der Waals surface area contributed by atoms with Gasteiger partial charge in [0.1, 0.15) is 6.54 Å². The molecule has 0 aliphatic heterocycles. The van der Waals surface area contributed by atoms with Gasteiger partial charge >= 0.3 is 5.69 Å². The molecule has 0 aliphatic carbocycles. The van der Waals surface area contributed by atoms with E-state index in [0.29, 0.717) is 6.54 Å². The molecule has 0 N–H and O–H groups in total. The molecule has 136 valence electrons. The number of aryl methyl sites for hydroxylation is 2. The van der Waals surface area contributed by atoms with Crippen molar-refractivity contribution in [3.05, 3.63) is 57.0 Å². The minimum absolute atomic E-state index is 0.0361. The maximum absolute atomic E-state index is 12.8. The van der Waals surface area contributed by atoms with Gasteiger partial charge in [-0.2, -0.15) is 0 Å². The van der Waals surface area contributed by atoms with E-state index in [2.05, 4.69) is 4.98 Å². The van der Waals surface area contributed by atoms with Crippen molar-refractivity contribution in [3.63, 3.8) is 0 Å². The van der Waals surface area contributed by atoms with Gasteiger partial charge in [-0.15, -0.1) is 0 Å². The highest BCUT2D eigenvalue weighted by molar-refractivity contribution is 5.93. The van der Waals surface area contributed by atoms with E-state index >= 15 is 0 Å². The van der Waals surface area contributed by atoms with Crippen molar-refractivity contribution in [2.75, 3.05) is 11.4 Å². The number of anilines is 1. The number of benzene rings is 1. The van der Waals surface area contributed by atoms with E-state index in [1.54, 1.807) is 11.9 Å². The predicted molar refractivity (Wildman–Crippen MR) is 99.4 cm³/mol. The number of imidazole rings is 1. The van der Waals surface area contributed by atoms with Gasteiger partial charge in [-0.05, 0) is 26.0 Å². The van der Waals surface area contributed by atoms with Crippen molar-refractivity contribution in [3.8, 4) is 0 Å². The Labute approximate surface area is 149 Å².